The fourth-order valence-electron chi connectivity index (χ4n) is 12.7. The minimum absolute atomic E-state index is 0. The quantitative estimate of drug-likeness (QED) is 0.0421. The second kappa shape index (κ2) is 70.0. The zero-order valence-electron chi connectivity index (χ0n) is 52.9. The van der Waals surface area contributed by atoms with Gasteiger partial charge in [-0.2, -0.15) is 0 Å². The standard InChI is InChI=1S/C72H148P.BrH/c1-5-9-13-17-21-25-29-33-37-41-45-49-53-57-61-65-69-73(70-66-62-58-54-50-46-42-38-34-30-26-22-18-14-10-6-2,71-67-63-59-55-51-47-43-39-35-31-27-23-19-15-11-7-3)72-68-64-60-56-52-48-44-40-36-32-28-24-20-16-12-8-4;/h5-72H2,1-4H3;1H/q+1;/p-1. The molecule has 0 aliphatic rings. The first kappa shape index (κ1) is 77.0. The largest absolute Gasteiger partial charge is 1.00 e. The van der Waals surface area contributed by atoms with Gasteiger partial charge >= 0.3 is 0 Å². The van der Waals surface area contributed by atoms with Gasteiger partial charge in [0.1, 0.15) is 0 Å². The van der Waals surface area contributed by atoms with Crippen LogP contribution in [0.3, 0.4) is 0 Å². The summed E-state index contributed by atoms with van der Waals surface area (Å²) in [5.74, 6) is 0. The molecule has 0 aliphatic heterocycles. The second-order valence-corrected chi connectivity index (χ2v) is 29.9. The topological polar surface area (TPSA) is 0 Å². The molecule has 448 valence electrons. The Balaban J connectivity index is 0. The maximum Gasteiger partial charge on any atom is 0.0594 e. The molecule has 0 amide bonds. The third kappa shape index (κ3) is 63.7. The van der Waals surface area contributed by atoms with Crippen molar-refractivity contribution in [2.75, 3.05) is 24.6 Å². The molecule has 0 aromatic carbocycles. The Hall–Kier alpha value is 0.910. The maximum absolute atomic E-state index is 2.33. The van der Waals surface area contributed by atoms with Crippen LogP contribution in [-0.4, -0.2) is 24.6 Å². The van der Waals surface area contributed by atoms with Gasteiger partial charge in [-0.1, -0.05) is 387 Å². The zero-order chi connectivity index (χ0) is 52.6. The number of halogens is 1. The van der Waals surface area contributed by atoms with Crippen LogP contribution >= 0.6 is 7.26 Å². The lowest BCUT2D eigenvalue weighted by molar-refractivity contribution is -0.0000162. The lowest BCUT2D eigenvalue weighted by atomic mass is 10.0. The lowest BCUT2D eigenvalue weighted by Gasteiger charge is -2.28. The van der Waals surface area contributed by atoms with Crippen LogP contribution in [0.1, 0.15) is 439 Å². The summed E-state index contributed by atoms with van der Waals surface area (Å²) in [5, 5.41) is 0. The van der Waals surface area contributed by atoms with E-state index < -0.39 is 7.26 Å². The van der Waals surface area contributed by atoms with Gasteiger partial charge in [0, 0.05) is 7.26 Å². The summed E-state index contributed by atoms with van der Waals surface area (Å²) in [5.41, 5.74) is 0. The van der Waals surface area contributed by atoms with Crippen molar-refractivity contribution >= 4 is 7.26 Å². The van der Waals surface area contributed by atoms with Gasteiger partial charge in [-0.05, 0) is 51.4 Å². The second-order valence-electron chi connectivity index (χ2n) is 25.4. The summed E-state index contributed by atoms with van der Waals surface area (Å²) >= 11 is 0. The molecule has 0 unspecified atom stereocenters. The summed E-state index contributed by atoms with van der Waals surface area (Å²) in [7, 11) is -0.849. The Morgan fingerprint density at radius 3 is 0.297 bits per heavy atom. The van der Waals surface area contributed by atoms with Crippen molar-refractivity contribution in [1.82, 2.24) is 0 Å². The van der Waals surface area contributed by atoms with Crippen molar-refractivity contribution in [3.05, 3.63) is 0 Å². The van der Waals surface area contributed by atoms with Crippen LogP contribution in [0.2, 0.25) is 0 Å². The van der Waals surface area contributed by atoms with Crippen molar-refractivity contribution < 1.29 is 17.0 Å². The van der Waals surface area contributed by atoms with Gasteiger partial charge in [-0.15, -0.1) is 0 Å². The third-order valence-corrected chi connectivity index (χ3v) is 23.0. The van der Waals surface area contributed by atoms with E-state index in [4.69, 9.17) is 0 Å². The molecule has 0 fully saturated rings. The molecule has 0 nitrogen and oxygen atoms in total. The molecule has 74 heavy (non-hydrogen) atoms. The minimum atomic E-state index is -0.849. The molecular weight excluding hydrogens is 976 g/mol. The highest BCUT2D eigenvalue weighted by Crippen LogP contribution is 2.61. The zero-order valence-corrected chi connectivity index (χ0v) is 55.4. The Labute approximate surface area is 484 Å². The van der Waals surface area contributed by atoms with E-state index in [1.165, 1.54) is 385 Å². The fourth-order valence-corrected chi connectivity index (χ4v) is 17.6. The molecule has 0 saturated carbocycles. The average Bonchev–Trinajstić information content (AvgIpc) is 3.40. The van der Waals surface area contributed by atoms with Gasteiger partial charge in [0.25, 0.3) is 0 Å². The molecule has 0 aromatic rings. The predicted octanol–water partition coefficient (Wildman–Crippen LogP) is 25.1. The van der Waals surface area contributed by atoms with Crippen LogP contribution in [0.4, 0.5) is 0 Å². The summed E-state index contributed by atoms with van der Waals surface area (Å²) in [6.45, 7) is 9.34. The van der Waals surface area contributed by atoms with E-state index in [1.54, 1.807) is 50.3 Å². The Morgan fingerprint density at radius 1 is 0.122 bits per heavy atom. The molecule has 0 aromatic heterocycles. The first-order valence-corrected chi connectivity index (χ1v) is 38.6. The summed E-state index contributed by atoms with van der Waals surface area (Å²) < 4.78 is 0. The number of hydrogen-bond acceptors (Lipinski definition) is 0. The molecule has 2 heteroatoms. The van der Waals surface area contributed by atoms with Gasteiger partial charge in [-0.25, -0.2) is 0 Å². The van der Waals surface area contributed by atoms with E-state index in [2.05, 4.69) is 27.7 Å². The molecular formula is C72H148BrP. The van der Waals surface area contributed by atoms with Gasteiger partial charge in [-0.3, -0.25) is 0 Å². The number of rotatable bonds is 68. The number of unbranched alkanes of at least 4 members (excludes halogenated alkanes) is 60. The van der Waals surface area contributed by atoms with Crippen LogP contribution in [0.25, 0.3) is 0 Å². The maximum atomic E-state index is 2.33. The molecule has 0 bridgehead atoms. The lowest BCUT2D eigenvalue weighted by Crippen LogP contribution is -3.00. The Kier molecular flexibility index (Phi) is 72.8. The van der Waals surface area contributed by atoms with Crippen LogP contribution in [0.15, 0.2) is 0 Å². The van der Waals surface area contributed by atoms with E-state index >= 15 is 0 Å². The first-order valence-electron chi connectivity index (χ1n) is 36.1. The first-order chi connectivity index (χ1) is 36.2. The van der Waals surface area contributed by atoms with E-state index in [0.717, 1.165) is 0 Å². The fraction of sp³-hybridized carbons (Fsp3) is 1.00. The molecule has 0 rings (SSSR count). The molecule has 0 spiro atoms. The van der Waals surface area contributed by atoms with Crippen LogP contribution in [0.5, 0.6) is 0 Å². The molecule has 0 heterocycles. The van der Waals surface area contributed by atoms with Crippen molar-refractivity contribution in [2.45, 2.75) is 439 Å². The summed E-state index contributed by atoms with van der Waals surface area (Å²) in [6.07, 6.45) is 102. The molecule has 0 radical (unpaired) electrons. The highest BCUT2D eigenvalue weighted by molar-refractivity contribution is 7.75. The summed E-state index contributed by atoms with van der Waals surface area (Å²) in [4.78, 5) is 0. The van der Waals surface area contributed by atoms with Crippen molar-refractivity contribution in [2.24, 2.45) is 0 Å². The third-order valence-electron chi connectivity index (χ3n) is 17.9. The molecule has 0 atom stereocenters. The van der Waals surface area contributed by atoms with Crippen LogP contribution < -0.4 is 17.0 Å². The van der Waals surface area contributed by atoms with Gasteiger partial charge in [0.05, 0.1) is 24.6 Å². The van der Waals surface area contributed by atoms with E-state index in [0.29, 0.717) is 0 Å². The monoisotopic (exact) mass is 1120 g/mol. The molecule has 0 aliphatic carbocycles. The van der Waals surface area contributed by atoms with Crippen LogP contribution in [0, 0.1) is 0 Å². The number of hydrogen-bond donors (Lipinski definition) is 0. The van der Waals surface area contributed by atoms with Gasteiger partial charge < -0.3 is 17.0 Å². The average molecular weight is 1120 g/mol. The van der Waals surface area contributed by atoms with Crippen LogP contribution in [-0.2, 0) is 0 Å². The van der Waals surface area contributed by atoms with Crippen molar-refractivity contribution in [3.8, 4) is 0 Å². The molecule has 0 saturated heterocycles. The normalized spacial score (nSPS) is 11.8. The van der Waals surface area contributed by atoms with E-state index in [9.17, 15) is 0 Å². The van der Waals surface area contributed by atoms with E-state index in [-0.39, 0.29) is 17.0 Å². The SMILES string of the molecule is CCCCCCCCCCCCCCCCCC[P+](CCCCCCCCCCCCCCCCCC)(CCCCCCCCCCCCCCCCCC)CCCCCCCCCCCCCCCCCC.[Br-]. The summed E-state index contributed by atoms with van der Waals surface area (Å²) in [6, 6.07) is 0. The Bertz CT molecular complexity index is 783. The van der Waals surface area contributed by atoms with E-state index in [1.807, 2.05) is 0 Å². The van der Waals surface area contributed by atoms with Crippen molar-refractivity contribution in [3.63, 3.8) is 0 Å². The highest BCUT2D eigenvalue weighted by Gasteiger charge is 2.35. The van der Waals surface area contributed by atoms with Gasteiger partial charge in [0.15, 0.2) is 0 Å². The predicted molar refractivity (Wildman–Crippen MR) is 345 cm³/mol. The van der Waals surface area contributed by atoms with Crippen molar-refractivity contribution in [1.29, 1.82) is 0 Å². The highest BCUT2D eigenvalue weighted by atomic mass is 79.9. The van der Waals surface area contributed by atoms with Gasteiger partial charge in [0.2, 0.25) is 0 Å². The smallest absolute Gasteiger partial charge is 0.0594 e. The minimum Gasteiger partial charge on any atom is -1.00 e. The molecule has 0 N–H and O–H groups in total. The Morgan fingerprint density at radius 2 is 0.203 bits per heavy atom.